The van der Waals surface area contributed by atoms with Gasteiger partial charge in [0.25, 0.3) is 0 Å². The second kappa shape index (κ2) is 10.1. The quantitative estimate of drug-likeness (QED) is 0.212. The SMILES string of the molecule is CC(C)(C)c1ccc(-n2c(-c3cccc4c3oc3nc(-c5ccccc5)ccc34)nc3ccccc32)c(-c2ccccc2)c1. The van der Waals surface area contributed by atoms with Crippen molar-refractivity contribution in [3.05, 3.63) is 139 Å². The first-order valence-corrected chi connectivity index (χ1v) is 15.0. The van der Waals surface area contributed by atoms with Crippen LogP contribution in [0.3, 0.4) is 0 Å². The Morgan fingerprint density at radius 1 is 0.591 bits per heavy atom. The zero-order valence-corrected chi connectivity index (χ0v) is 25.0. The predicted octanol–water partition coefficient (Wildman–Crippen LogP) is 10.6. The van der Waals surface area contributed by atoms with Crippen LogP contribution in [0.25, 0.3) is 72.6 Å². The predicted molar refractivity (Wildman–Crippen MR) is 181 cm³/mol. The van der Waals surface area contributed by atoms with Gasteiger partial charge in [0.2, 0.25) is 5.71 Å². The van der Waals surface area contributed by atoms with E-state index in [4.69, 9.17) is 14.4 Å². The number of benzene rings is 5. The molecule has 0 aliphatic heterocycles. The largest absolute Gasteiger partial charge is 0.437 e. The molecule has 0 radical (unpaired) electrons. The first kappa shape index (κ1) is 26.2. The Balaban J connectivity index is 1.40. The van der Waals surface area contributed by atoms with Crippen molar-refractivity contribution in [2.24, 2.45) is 0 Å². The molecule has 4 heteroatoms. The van der Waals surface area contributed by atoms with Gasteiger partial charge in [-0.05, 0) is 59.0 Å². The van der Waals surface area contributed by atoms with Crippen LogP contribution in [-0.4, -0.2) is 14.5 Å². The molecule has 4 nitrogen and oxygen atoms in total. The summed E-state index contributed by atoms with van der Waals surface area (Å²) < 4.78 is 8.89. The van der Waals surface area contributed by atoms with Gasteiger partial charge in [0.05, 0.1) is 28.0 Å². The van der Waals surface area contributed by atoms with Crippen LogP contribution < -0.4 is 0 Å². The lowest BCUT2D eigenvalue weighted by Crippen LogP contribution is -2.12. The van der Waals surface area contributed by atoms with Crippen molar-refractivity contribution in [1.82, 2.24) is 14.5 Å². The molecule has 212 valence electrons. The number of aromatic nitrogens is 3. The van der Waals surface area contributed by atoms with Crippen LogP contribution >= 0.6 is 0 Å². The molecule has 5 aromatic carbocycles. The maximum atomic E-state index is 6.60. The summed E-state index contributed by atoms with van der Waals surface area (Å²) in [5, 5.41) is 2.01. The highest BCUT2D eigenvalue weighted by Crippen LogP contribution is 2.40. The van der Waals surface area contributed by atoms with E-state index in [0.29, 0.717) is 5.71 Å². The number of nitrogens with zero attached hydrogens (tertiary/aromatic N) is 3. The zero-order valence-electron chi connectivity index (χ0n) is 25.0. The fourth-order valence-corrected chi connectivity index (χ4v) is 6.12. The summed E-state index contributed by atoms with van der Waals surface area (Å²) in [7, 11) is 0. The molecule has 0 bridgehead atoms. The molecule has 0 fully saturated rings. The second-order valence-corrected chi connectivity index (χ2v) is 12.3. The number of pyridine rings is 1. The van der Waals surface area contributed by atoms with Crippen LogP contribution in [0, 0.1) is 0 Å². The van der Waals surface area contributed by atoms with Gasteiger partial charge in [0.15, 0.2) is 0 Å². The molecular weight excluding hydrogens is 538 g/mol. The van der Waals surface area contributed by atoms with E-state index in [9.17, 15) is 0 Å². The van der Waals surface area contributed by atoms with Gasteiger partial charge in [0.1, 0.15) is 11.4 Å². The van der Waals surface area contributed by atoms with Gasteiger partial charge in [-0.1, -0.05) is 112 Å². The molecule has 0 amide bonds. The Kier molecular flexibility index (Phi) is 5.98. The fraction of sp³-hybridized carbons (Fsp3) is 0.100. The summed E-state index contributed by atoms with van der Waals surface area (Å²) >= 11 is 0. The van der Waals surface area contributed by atoms with Crippen molar-refractivity contribution in [1.29, 1.82) is 0 Å². The smallest absolute Gasteiger partial charge is 0.227 e. The monoisotopic (exact) mass is 569 g/mol. The van der Waals surface area contributed by atoms with Crippen LogP contribution in [0.5, 0.6) is 0 Å². The number of fused-ring (bicyclic) bond motifs is 4. The molecule has 0 atom stereocenters. The zero-order chi connectivity index (χ0) is 29.8. The number of hydrogen-bond acceptors (Lipinski definition) is 3. The molecule has 0 spiro atoms. The van der Waals surface area contributed by atoms with Gasteiger partial charge in [-0.3, -0.25) is 4.57 Å². The highest BCUT2D eigenvalue weighted by Gasteiger charge is 2.23. The van der Waals surface area contributed by atoms with Crippen molar-refractivity contribution >= 4 is 33.1 Å². The molecule has 0 saturated carbocycles. The van der Waals surface area contributed by atoms with Crippen molar-refractivity contribution < 1.29 is 4.42 Å². The van der Waals surface area contributed by atoms with Crippen LogP contribution in [0.4, 0.5) is 0 Å². The average Bonchev–Trinajstić information content (AvgIpc) is 3.63. The van der Waals surface area contributed by atoms with Gasteiger partial charge in [-0.15, -0.1) is 0 Å². The maximum absolute atomic E-state index is 6.60. The fourth-order valence-electron chi connectivity index (χ4n) is 6.12. The summed E-state index contributed by atoms with van der Waals surface area (Å²) in [5.74, 6) is 0.833. The topological polar surface area (TPSA) is 43.9 Å². The number of para-hydroxylation sites is 3. The summed E-state index contributed by atoms with van der Waals surface area (Å²) in [6, 6.07) is 46.5. The number of hydrogen-bond donors (Lipinski definition) is 0. The highest BCUT2D eigenvalue weighted by molar-refractivity contribution is 6.09. The van der Waals surface area contributed by atoms with Gasteiger partial charge in [0, 0.05) is 21.9 Å². The van der Waals surface area contributed by atoms with Gasteiger partial charge >= 0.3 is 0 Å². The highest BCUT2D eigenvalue weighted by atomic mass is 16.3. The summed E-state index contributed by atoms with van der Waals surface area (Å²) in [4.78, 5) is 10.2. The molecule has 44 heavy (non-hydrogen) atoms. The first-order chi connectivity index (χ1) is 21.5. The standard InChI is InChI=1S/C40H31N3O/c1-40(2,3)28-21-24-35(32(25-28)26-13-6-4-7-14-26)43-36-20-11-10-19-34(36)41-38(43)31-18-12-17-29-30-22-23-33(27-15-8-5-9-16-27)42-39(30)44-37(29)31/h4-25H,1-3H3. The van der Waals surface area contributed by atoms with Crippen molar-refractivity contribution in [3.8, 4) is 39.5 Å². The summed E-state index contributed by atoms with van der Waals surface area (Å²) in [6.45, 7) is 6.77. The molecular formula is C40H31N3O. The van der Waals surface area contributed by atoms with E-state index in [0.717, 1.165) is 66.8 Å². The normalized spacial score (nSPS) is 12.0. The van der Waals surface area contributed by atoms with Gasteiger partial charge < -0.3 is 4.42 Å². The van der Waals surface area contributed by atoms with E-state index in [1.54, 1.807) is 0 Å². The van der Waals surface area contributed by atoms with Crippen molar-refractivity contribution in [2.45, 2.75) is 26.2 Å². The van der Waals surface area contributed by atoms with Crippen LogP contribution in [0.2, 0.25) is 0 Å². The van der Waals surface area contributed by atoms with E-state index < -0.39 is 0 Å². The Morgan fingerprint density at radius 3 is 2.09 bits per heavy atom. The second-order valence-electron chi connectivity index (χ2n) is 12.3. The van der Waals surface area contributed by atoms with E-state index in [1.165, 1.54) is 5.56 Å². The average molecular weight is 570 g/mol. The Bertz CT molecular complexity index is 2310. The summed E-state index contributed by atoms with van der Waals surface area (Å²) in [5.41, 5.74) is 10.9. The molecule has 3 aromatic heterocycles. The third-order valence-electron chi connectivity index (χ3n) is 8.42. The Labute approximate surface area is 256 Å². The number of rotatable bonds is 4. The molecule has 0 aliphatic rings. The molecule has 8 aromatic rings. The van der Waals surface area contributed by atoms with Crippen LogP contribution in [0.1, 0.15) is 26.3 Å². The van der Waals surface area contributed by atoms with Crippen molar-refractivity contribution in [2.75, 3.05) is 0 Å². The number of imidazole rings is 1. The lowest BCUT2D eigenvalue weighted by Gasteiger charge is -2.23. The maximum Gasteiger partial charge on any atom is 0.227 e. The van der Waals surface area contributed by atoms with E-state index in [1.807, 2.05) is 24.3 Å². The minimum Gasteiger partial charge on any atom is -0.437 e. The number of furan rings is 1. The minimum absolute atomic E-state index is 0.00731. The molecule has 3 heterocycles. The molecule has 0 N–H and O–H groups in total. The van der Waals surface area contributed by atoms with Gasteiger partial charge in [-0.25, -0.2) is 9.97 Å². The third-order valence-corrected chi connectivity index (χ3v) is 8.42. The molecule has 8 rings (SSSR count). The van der Waals surface area contributed by atoms with E-state index in [2.05, 4.69) is 135 Å². The lowest BCUT2D eigenvalue weighted by atomic mass is 9.85. The molecule has 0 unspecified atom stereocenters. The lowest BCUT2D eigenvalue weighted by molar-refractivity contribution is 0.590. The molecule has 0 aliphatic carbocycles. The molecule has 0 saturated heterocycles. The first-order valence-electron chi connectivity index (χ1n) is 15.0. The van der Waals surface area contributed by atoms with Crippen molar-refractivity contribution in [3.63, 3.8) is 0 Å². The Morgan fingerprint density at radius 2 is 1.32 bits per heavy atom. The summed E-state index contributed by atoms with van der Waals surface area (Å²) in [6.07, 6.45) is 0. The van der Waals surface area contributed by atoms with Crippen LogP contribution in [0.15, 0.2) is 138 Å². The third kappa shape index (κ3) is 4.30. The Hall–Kier alpha value is -5.48. The van der Waals surface area contributed by atoms with E-state index in [-0.39, 0.29) is 5.41 Å². The van der Waals surface area contributed by atoms with E-state index >= 15 is 0 Å². The van der Waals surface area contributed by atoms with Gasteiger partial charge in [-0.2, -0.15) is 0 Å². The minimum atomic E-state index is 0.00731. The van der Waals surface area contributed by atoms with Crippen LogP contribution in [-0.2, 0) is 5.41 Å².